The topological polar surface area (TPSA) is 38.5 Å². The van der Waals surface area contributed by atoms with Crippen LogP contribution in [0.5, 0.6) is 0 Å². The number of alkyl halides is 6. The maximum atomic E-state index is 12.9. The van der Waals surface area contributed by atoms with Crippen molar-refractivity contribution in [3.63, 3.8) is 0 Å². The highest BCUT2D eigenvalue weighted by Crippen LogP contribution is 2.38. The molecule has 136 valence electrons. The molecule has 1 aliphatic rings. The van der Waals surface area contributed by atoms with Gasteiger partial charge in [-0.3, -0.25) is 4.90 Å². The number of ether oxygens (including phenoxy) is 1. The van der Waals surface area contributed by atoms with Crippen molar-refractivity contribution in [2.24, 2.45) is 5.73 Å². The first-order chi connectivity index (χ1) is 11.0. The van der Waals surface area contributed by atoms with Crippen molar-refractivity contribution >= 4 is 0 Å². The number of rotatable bonds is 3. The molecule has 2 N–H and O–H groups in total. The Morgan fingerprint density at radius 1 is 1.12 bits per heavy atom. The third-order valence-electron chi connectivity index (χ3n) is 4.07. The number of hydrogen-bond donors (Lipinski definition) is 1. The third kappa shape index (κ3) is 4.40. The largest absolute Gasteiger partial charge is 0.416 e. The molecule has 2 rings (SSSR count). The molecule has 0 spiro atoms. The van der Waals surface area contributed by atoms with Crippen LogP contribution in [0.3, 0.4) is 0 Å². The van der Waals surface area contributed by atoms with Gasteiger partial charge in [0.05, 0.1) is 23.8 Å². The van der Waals surface area contributed by atoms with Crippen molar-refractivity contribution < 1.29 is 31.1 Å². The molecule has 0 amide bonds. The molecule has 0 aliphatic carbocycles. The summed E-state index contributed by atoms with van der Waals surface area (Å²) < 4.78 is 83.0. The van der Waals surface area contributed by atoms with Crippen molar-refractivity contribution in [1.29, 1.82) is 0 Å². The van der Waals surface area contributed by atoms with E-state index in [0.717, 1.165) is 12.1 Å². The van der Waals surface area contributed by atoms with Gasteiger partial charge in [0, 0.05) is 25.7 Å². The second-order valence-electron chi connectivity index (χ2n) is 5.74. The average molecular weight is 356 g/mol. The number of halogens is 6. The predicted molar refractivity (Wildman–Crippen MR) is 75.2 cm³/mol. The Kier molecular flexibility index (Phi) is 5.46. The molecule has 9 heteroatoms. The van der Waals surface area contributed by atoms with E-state index >= 15 is 0 Å². The van der Waals surface area contributed by atoms with Gasteiger partial charge < -0.3 is 10.5 Å². The van der Waals surface area contributed by atoms with E-state index in [2.05, 4.69) is 0 Å². The SMILES string of the molecule is CC(c1cc(C(F)(F)F)cc(C(F)(F)F)c1)N1CCOC(CN)C1. The Bertz CT molecular complexity index is 540. The number of nitrogens with zero attached hydrogens (tertiary/aromatic N) is 1. The second kappa shape index (κ2) is 6.89. The first kappa shape index (κ1) is 19.0. The molecule has 0 radical (unpaired) electrons. The van der Waals surface area contributed by atoms with E-state index in [1.54, 1.807) is 11.8 Å². The Morgan fingerprint density at radius 3 is 2.12 bits per heavy atom. The van der Waals surface area contributed by atoms with Gasteiger partial charge in [0.15, 0.2) is 0 Å². The monoisotopic (exact) mass is 356 g/mol. The molecule has 1 fully saturated rings. The molecule has 1 aromatic carbocycles. The summed E-state index contributed by atoms with van der Waals surface area (Å²) in [5, 5.41) is 0. The highest BCUT2D eigenvalue weighted by Gasteiger charge is 2.38. The Morgan fingerprint density at radius 2 is 1.67 bits per heavy atom. The van der Waals surface area contributed by atoms with Gasteiger partial charge in [0.2, 0.25) is 0 Å². The summed E-state index contributed by atoms with van der Waals surface area (Å²) in [5.41, 5.74) is 2.88. The molecule has 0 bridgehead atoms. The van der Waals surface area contributed by atoms with Crippen LogP contribution in [-0.2, 0) is 17.1 Å². The second-order valence-corrected chi connectivity index (χ2v) is 5.74. The molecule has 1 saturated heterocycles. The Labute approximate surface area is 135 Å². The van der Waals surface area contributed by atoms with Gasteiger partial charge >= 0.3 is 12.4 Å². The molecule has 1 aromatic rings. The smallest absolute Gasteiger partial charge is 0.374 e. The lowest BCUT2D eigenvalue weighted by Gasteiger charge is -2.37. The summed E-state index contributed by atoms with van der Waals surface area (Å²) in [7, 11) is 0. The minimum atomic E-state index is -4.85. The van der Waals surface area contributed by atoms with Crippen molar-refractivity contribution in [3.05, 3.63) is 34.9 Å². The lowest BCUT2D eigenvalue weighted by atomic mass is 9.99. The Balaban J connectivity index is 2.37. The van der Waals surface area contributed by atoms with E-state index in [4.69, 9.17) is 10.5 Å². The minimum Gasteiger partial charge on any atom is -0.374 e. The maximum Gasteiger partial charge on any atom is 0.416 e. The van der Waals surface area contributed by atoms with Gasteiger partial charge in [-0.1, -0.05) is 0 Å². The molecule has 3 nitrogen and oxygen atoms in total. The molecular formula is C15H18F6N2O. The molecule has 0 saturated carbocycles. The molecule has 1 aliphatic heterocycles. The zero-order valence-corrected chi connectivity index (χ0v) is 12.9. The first-order valence-electron chi connectivity index (χ1n) is 7.37. The molecular weight excluding hydrogens is 338 g/mol. The molecule has 1 heterocycles. The number of morpholine rings is 1. The number of hydrogen-bond acceptors (Lipinski definition) is 3. The highest BCUT2D eigenvalue weighted by atomic mass is 19.4. The van der Waals surface area contributed by atoms with E-state index in [-0.39, 0.29) is 24.3 Å². The van der Waals surface area contributed by atoms with Crippen LogP contribution < -0.4 is 5.73 Å². The number of benzene rings is 1. The fourth-order valence-corrected chi connectivity index (χ4v) is 2.67. The van der Waals surface area contributed by atoms with E-state index in [9.17, 15) is 26.3 Å². The van der Waals surface area contributed by atoms with Crippen LogP contribution in [0.4, 0.5) is 26.3 Å². The predicted octanol–water partition coefficient (Wildman–Crippen LogP) is 3.44. The van der Waals surface area contributed by atoms with Gasteiger partial charge in [0.25, 0.3) is 0 Å². The summed E-state index contributed by atoms with van der Waals surface area (Å²) in [6.07, 6.45) is -9.98. The fraction of sp³-hybridized carbons (Fsp3) is 0.600. The zero-order valence-electron chi connectivity index (χ0n) is 12.9. The Hall–Kier alpha value is -1.32. The van der Waals surface area contributed by atoms with E-state index in [1.165, 1.54) is 0 Å². The van der Waals surface area contributed by atoms with Crippen LogP contribution in [0.1, 0.15) is 29.7 Å². The van der Waals surface area contributed by atoms with Gasteiger partial charge in [-0.15, -0.1) is 0 Å². The third-order valence-corrected chi connectivity index (χ3v) is 4.07. The number of nitrogens with two attached hydrogens (primary N) is 1. The summed E-state index contributed by atoms with van der Waals surface area (Å²) in [5.74, 6) is 0. The summed E-state index contributed by atoms with van der Waals surface area (Å²) in [6, 6.07) is 1.06. The first-order valence-corrected chi connectivity index (χ1v) is 7.37. The van der Waals surface area contributed by atoms with Crippen LogP contribution in [0.15, 0.2) is 18.2 Å². The summed E-state index contributed by atoms with van der Waals surface area (Å²) in [6.45, 7) is 2.91. The van der Waals surface area contributed by atoms with Crippen molar-refractivity contribution in [2.45, 2.75) is 31.4 Å². The lowest BCUT2D eigenvalue weighted by Crippen LogP contribution is -2.46. The summed E-state index contributed by atoms with van der Waals surface area (Å²) in [4.78, 5) is 1.77. The van der Waals surface area contributed by atoms with Crippen molar-refractivity contribution in [3.8, 4) is 0 Å². The molecule has 24 heavy (non-hydrogen) atoms. The van der Waals surface area contributed by atoms with E-state index in [0.29, 0.717) is 19.7 Å². The van der Waals surface area contributed by atoms with Gasteiger partial charge in [0.1, 0.15) is 0 Å². The van der Waals surface area contributed by atoms with Crippen LogP contribution >= 0.6 is 0 Å². The standard InChI is InChI=1S/C15H18F6N2O/c1-9(23-2-3-24-13(7-22)8-23)10-4-11(14(16,17)18)6-12(5-10)15(19,20)21/h4-6,9,13H,2-3,7-8,22H2,1H3. The van der Waals surface area contributed by atoms with E-state index in [1.807, 2.05) is 0 Å². The van der Waals surface area contributed by atoms with Crippen LogP contribution in [0.2, 0.25) is 0 Å². The normalized spacial score (nSPS) is 21.8. The van der Waals surface area contributed by atoms with E-state index < -0.39 is 29.5 Å². The molecule has 0 aromatic heterocycles. The quantitative estimate of drug-likeness (QED) is 0.844. The van der Waals surface area contributed by atoms with Gasteiger partial charge in [-0.2, -0.15) is 26.3 Å². The highest BCUT2D eigenvalue weighted by molar-refractivity contribution is 5.35. The maximum absolute atomic E-state index is 12.9. The lowest BCUT2D eigenvalue weighted by molar-refractivity contribution is -0.143. The van der Waals surface area contributed by atoms with Crippen LogP contribution in [0, 0.1) is 0 Å². The van der Waals surface area contributed by atoms with Crippen LogP contribution in [0.25, 0.3) is 0 Å². The molecule has 2 atom stereocenters. The summed E-state index contributed by atoms with van der Waals surface area (Å²) >= 11 is 0. The van der Waals surface area contributed by atoms with Gasteiger partial charge in [-0.05, 0) is 30.7 Å². The van der Waals surface area contributed by atoms with Crippen LogP contribution in [-0.4, -0.2) is 37.2 Å². The average Bonchev–Trinajstić information content (AvgIpc) is 2.52. The van der Waals surface area contributed by atoms with Gasteiger partial charge in [-0.25, -0.2) is 0 Å². The molecule has 2 unspecified atom stereocenters. The van der Waals surface area contributed by atoms with Crippen molar-refractivity contribution in [1.82, 2.24) is 4.90 Å². The van der Waals surface area contributed by atoms with Crippen molar-refractivity contribution in [2.75, 3.05) is 26.2 Å². The fourth-order valence-electron chi connectivity index (χ4n) is 2.67. The zero-order chi connectivity index (χ0) is 18.1. The minimum absolute atomic E-state index is 0.0326.